The lowest BCUT2D eigenvalue weighted by Crippen LogP contribution is -2.81. The van der Waals surface area contributed by atoms with Gasteiger partial charge in [-0.3, -0.25) is 9.59 Å². The Morgan fingerprint density at radius 1 is 0.947 bits per heavy atom. The number of nitrogens with one attached hydrogen (secondary N) is 1. The van der Waals surface area contributed by atoms with E-state index in [9.17, 15) is 44.4 Å². The van der Waals surface area contributed by atoms with E-state index in [0.29, 0.717) is 5.56 Å². The Kier molecular flexibility index (Phi) is 11.0. The minimum atomic E-state index is -2.34. The van der Waals surface area contributed by atoms with E-state index in [1.165, 1.54) is 39.0 Å². The van der Waals surface area contributed by atoms with Crippen molar-refractivity contribution in [2.24, 2.45) is 16.7 Å². The highest BCUT2D eigenvalue weighted by atomic mass is 16.6. The average molecular weight is 794 g/mol. The molecule has 0 radical (unpaired) electrons. The molecule has 2 aromatic rings. The van der Waals surface area contributed by atoms with E-state index < -0.39 is 112 Å². The fourth-order valence-corrected chi connectivity index (χ4v) is 9.09. The number of alkyl carbamates (subject to hydrolysis) is 1. The summed E-state index contributed by atoms with van der Waals surface area (Å²) in [5, 5.41) is 51.1. The molecular formula is C42H51NO14. The van der Waals surface area contributed by atoms with Gasteiger partial charge in [-0.25, -0.2) is 14.4 Å². The molecule has 6 rings (SSSR count). The molecule has 1 aliphatic heterocycles. The molecule has 308 valence electrons. The molecule has 15 nitrogen and oxygen atoms in total. The number of carbonyl (C=O) groups is 5. The quantitative estimate of drug-likeness (QED) is 0.147. The predicted octanol–water partition coefficient (Wildman–Crippen LogP) is 2.87. The van der Waals surface area contributed by atoms with Crippen molar-refractivity contribution in [2.75, 3.05) is 6.61 Å². The number of esters is 3. The highest BCUT2D eigenvalue weighted by Gasteiger charge is 2.77. The highest BCUT2D eigenvalue weighted by molar-refractivity contribution is 5.94. The molecule has 1 amide bonds. The zero-order chi connectivity index (χ0) is 41.9. The monoisotopic (exact) mass is 793 g/mol. The van der Waals surface area contributed by atoms with Gasteiger partial charge in [0.25, 0.3) is 0 Å². The van der Waals surface area contributed by atoms with Crippen LogP contribution < -0.4 is 5.32 Å². The van der Waals surface area contributed by atoms with Crippen molar-refractivity contribution < 1.29 is 68.1 Å². The second-order valence-corrected chi connectivity index (χ2v) is 17.1. The molecule has 2 aromatic carbocycles. The lowest BCUT2D eigenvalue weighted by Gasteiger charge is -2.67. The number of ketones is 1. The molecule has 2 saturated carbocycles. The summed E-state index contributed by atoms with van der Waals surface area (Å²) in [6.45, 7) is 10.2. The summed E-state index contributed by atoms with van der Waals surface area (Å²) in [5.41, 5.74) is -8.31. The minimum Gasteiger partial charge on any atom is -0.456 e. The van der Waals surface area contributed by atoms with Gasteiger partial charge in [0.15, 0.2) is 17.5 Å². The third-order valence-corrected chi connectivity index (χ3v) is 12.1. The lowest BCUT2D eigenvalue weighted by atomic mass is 9.45. The van der Waals surface area contributed by atoms with Crippen LogP contribution in [0.2, 0.25) is 0 Å². The summed E-state index contributed by atoms with van der Waals surface area (Å²) in [4.78, 5) is 68.4. The zero-order valence-corrected chi connectivity index (χ0v) is 33.0. The van der Waals surface area contributed by atoms with Gasteiger partial charge in [-0.05, 0) is 57.0 Å². The number of Topliss-reactive ketones (excluding diaryl/α,β-unsaturated/α-hetero) is 1. The Morgan fingerprint density at radius 3 is 2.12 bits per heavy atom. The van der Waals surface area contributed by atoms with Crippen molar-refractivity contribution in [3.63, 3.8) is 0 Å². The van der Waals surface area contributed by atoms with Crippen molar-refractivity contribution >= 4 is 29.8 Å². The van der Waals surface area contributed by atoms with Crippen LogP contribution in [0, 0.1) is 16.7 Å². The summed E-state index contributed by atoms with van der Waals surface area (Å²) >= 11 is 0. The topological polar surface area (TPSA) is 224 Å². The molecule has 11 atom stereocenters. The molecular weight excluding hydrogens is 742 g/mol. The molecule has 2 bridgehead atoms. The van der Waals surface area contributed by atoms with Gasteiger partial charge in [-0.2, -0.15) is 0 Å². The van der Waals surface area contributed by atoms with Crippen LogP contribution >= 0.6 is 0 Å². The Labute approximate surface area is 330 Å². The van der Waals surface area contributed by atoms with Crippen LogP contribution in [0.25, 0.3) is 0 Å². The Balaban J connectivity index is 1.46. The van der Waals surface area contributed by atoms with E-state index in [0.717, 1.165) is 6.92 Å². The molecule has 1 saturated heterocycles. The van der Waals surface area contributed by atoms with E-state index >= 15 is 0 Å². The summed E-state index contributed by atoms with van der Waals surface area (Å²) in [7, 11) is 0. The van der Waals surface area contributed by atoms with Crippen molar-refractivity contribution in [1.29, 1.82) is 0 Å². The molecule has 57 heavy (non-hydrogen) atoms. The van der Waals surface area contributed by atoms with Gasteiger partial charge in [0.05, 0.1) is 35.6 Å². The third kappa shape index (κ3) is 7.24. The number of rotatable bonds is 8. The first-order valence-corrected chi connectivity index (χ1v) is 18.9. The van der Waals surface area contributed by atoms with Crippen LogP contribution in [0.1, 0.15) is 83.3 Å². The van der Waals surface area contributed by atoms with Crippen LogP contribution in [0.5, 0.6) is 0 Å². The van der Waals surface area contributed by atoms with Crippen LogP contribution in [-0.4, -0.2) is 110 Å². The van der Waals surface area contributed by atoms with Crippen LogP contribution in [0.4, 0.5) is 4.79 Å². The van der Waals surface area contributed by atoms with Crippen molar-refractivity contribution in [1.82, 2.24) is 5.32 Å². The zero-order valence-electron chi connectivity index (χ0n) is 33.0. The maximum absolute atomic E-state index is 14.8. The second kappa shape index (κ2) is 14.9. The first-order chi connectivity index (χ1) is 26.6. The van der Waals surface area contributed by atoms with Gasteiger partial charge in [-0.15, -0.1) is 0 Å². The Morgan fingerprint density at radius 2 is 1.56 bits per heavy atom. The highest BCUT2D eigenvalue weighted by Crippen LogP contribution is 2.63. The van der Waals surface area contributed by atoms with Gasteiger partial charge in [0.2, 0.25) is 0 Å². The molecule has 5 N–H and O–H groups in total. The summed E-state index contributed by atoms with van der Waals surface area (Å²) < 4.78 is 29.3. The standard InChI is InChI=1S/C42H51NO14/c1-22(44)56-41-21-53-28(41)19-27(45)40(7)32(41)34(55-35(49)24-16-12-9-13-17-24)42(52)20-25(18-26(39(42,5)6)30(46)33(40)48)54-36(50)31(47)29(23-14-10-8-11-15-23)43-37(51)57-38(2,3)4/h8-18,25,27-32,34,45-47,52H,19-21H2,1-7H3,(H,43,51)/t25-,27+,28-,29+,30-,31-,32+,34+,40-,41+,42-/m1/s1. The lowest BCUT2D eigenvalue weighted by molar-refractivity contribution is -0.345. The largest absolute Gasteiger partial charge is 0.456 e. The molecule has 0 aromatic heterocycles. The maximum atomic E-state index is 14.8. The number of ether oxygens (including phenoxy) is 5. The normalized spacial score (nSPS) is 33.9. The number of benzene rings is 2. The molecule has 1 heterocycles. The van der Waals surface area contributed by atoms with Crippen molar-refractivity contribution in [2.45, 2.75) is 121 Å². The fraction of sp³-hybridized carbons (Fsp3) is 0.548. The number of fused-ring (bicyclic) bond motifs is 5. The number of carbonyl (C=O) groups excluding carboxylic acids is 5. The minimum absolute atomic E-state index is 0.0791. The van der Waals surface area contributed by atoms with Gasteiger partial charge in [0, 0.05) is 25.2 Å². The van der Waals surface area contributed by atoms with Crippen molar-refractivity contribution in [3.8, 4) is 0 Å². The van der Waals surface area contributed by atoms with E-state index in [1.807, 2.05) is 0 Å². The number of hydrogen-bond acceptors (Lipinski definition) is 14. The molecule has 3 fully saturated rings. The smallest absolute Gasteiger partial charge is 0.408 e. The maximum Gasteiger partial charge on any atom is 0.408 e. The molecule has 0 unspecified atom stereocenters. The summed E-state index contributed by atoms with van der Waals surface area (Å²) in [5.74, 6) is -5.38. The Bertz CT molecular complexity index is 1930. The van der Waals surface area contributed by atoms with Crippen LogP contribution in [-0.2, 0) is 38.1 Å². The van der Waals surface area contributed by atoms with Crippen LogP contribution in [0.3, 0.4) is 0 Å². The SMILES string of the molecule is CC(=O)O[C@@]12CO[C@@H]1C[C@H](O)[C@@]1(C)C(=O)[C@H](O)C3=C[C@@H](OC(=O)[C@H](O)[C@@H](NC(=O)OC(C)(C)C)c4ccccc4)C[C@@](O)([C@@H](OC(=O)c4ccccc4)[C@H]21)C3(C)C. The van der Waals surface area contributed by atoms with E-state index in [2.05, 4.69) is 5.32 Å². The van der Waals surface area contributed by atoms with E-state index in [-0.39, 0.29) is 24.2 Å². The first kappa shape index (κ1) is 41.9. The fourth-order valence-electron chi connectivity index (χ4n) is 9.09. The second-order valence-electron chi connectivity index (χ2n) is 17.1. The van der Waals surface area contributed by atoms with Crippen LogP contribution in [0.15, 0.2) is 72.3 Å². The molecule has 15 heteroatoms. The van der Waals surface area contributed by atoms with Gasteiger partial charge in [-0.1, -0.05) is 62.4 Å². The molecule has 3 aliphatic carbocycles. The first-order valence-electron chi connectivity index (χ1n) is 18.9. The Hall–Kier alpha value is -4.67. The molecule has 0 spiro atoms. The summed E-state index contributed by atoms with van der Waals surface area (Å²) in [6.07, 6.45) is -10.2. The molecule has 4 aliphatic rings. The summed E-state index contributed by atoms with van der Waals surface area (Å²) in [6, 6.07) is 14.6. The van der Waals surface area contributed by atoms with E-state index in [1.54, 1.807) is 69.3 Å². The van der Waals surface area contributed by atoms with Gasteiger partial charge in [0.1, 0.15) is 35.6 Å². The van der Waals surface area contributed by atoms with Crippen molar-refractivity contribution in [3.05, 3.63) is 83.4 Å². The van der Waals surface area contributed by atoms with Gasteiger partial charge < -0.3 is 49.4 Å². The number of aliphatic hydroxyl groups excluding tert-OH is 3. The number of amides is 1. The average Bonchev–Trinajstić information content (AvgIpc) is 3.14. The number of aliphatic hydroxyl groups is 4. The van der Waals surface area contributed by atoms with Gasteiger partial charge >= 0.3 is 24.0 Å². The number of hydrogen-bond donors (Lipinski definition) is 5. The van der Waals surface area contributed by atoms with E-state index in [4.69, 9.17) is 23.7 Å². The third-order valence-electron chi connectivity index (χ3n) is 12.1. The predicted molar refractivity (Wildman–Crippen MR) is 199 cm³/mol.